The lowest BCUT2D eigenvalue weighted by Gasteiger charge is -2.06. The SMILES string of the molecule is O=C(CCCCCCCCCOC(=O)Oc1ccc([N+](=O)[O-])cc1)OCc1ccccc1. The summed E-state index contributed by atoms with van der Waals surface area (Å²) in [6, 6.07) is 14.8. The van der Waals surface area contributed by atoms with Crippen LogP contribution in [0.2, 0.25) is 0 Å². The quantitative estimate of drug-likeness (QED) is 0.116. The van der Waals surface area contributed by atoms with Gasteiger partial charge in [0.2, 0.25) is 0 Å². The lowest BCUT2D eigenvalue weighted by Crippen LogP contribution is -2.11. The van der Waals surface area contributed by atoms with Crippen LogP contribution >= 0.6 is 0 Å². The van der Waals surface area contributed by atoms with Crippen molar-refractivity contribution >= 4 is 17.8 Å². The van der Waals surface area contributed by atoms with Gasteiger partial charge in [0.15, 0.2) is 0 Å². The summed E-state index contributed by atoms with van der Waals surface area (Å²) in [5.74, 6) is 0.0381. The van der Waals surface area contributed by atoms with E-state index in [0.29, 0.717) is 13.0 Å². The zero-order valence-corrected chi connectivity index (χ0v) is 18.1. The van der Waals surface area contributed by atoms with E-state index in [1.54, 1.807) is 0 Å². The first kappa shape index (κ1) is 24.8. The normalized spacial score (nSPS) is 10.4. The molecule has 0 saturated carbocycles. The average Bonchev–Trinajstić information content (AvgIpc) is 2.80. The third kappa shape index (κ3) is 10.6. The van der Waals surface area contributed by atoms with Gasteiger partial charge >= 0.3 is 12.1 Å². The summed E-state index contributed by atoms with van der Waals surface area (Å²) in [5, 5.41) is 10.6. The second-order valence-electron chi connectivity index (χ2n) is 7.32. The van der Waals surface area contributed by atoms with Gasteiger partial charge in [0.25, 0.3) is 5.69 Å². The number of non-ortho nitro benzene ring substituents is 1. The van der Waals surface area contributed by atoms with Crippen molar-refractivity contribution in [2.45, 2.75) is 58.0 Å². The number of carbonyl (C=O) groups excluding carboxylic acids is 2. The van der Waals surface area contributed by atoms with Crippen LogP contribution in [0, 0.1) is 10.1 Å². The molecule has 0 heterocycles. The second kappa shape index (κ2) is 14.6. The highest BCUT2D eigenvalue weighted by atomic mass is 16.7. The standard InChI is InChI=1S/C24H29NO7/c26-23(31-19-20-11-7-6-8-12-20)13-9-4-2-1-3-5-10-18-30-24(27)32-22-16-14-21(15-17-22)25(28)29/h6-8,11-12,14-17H,1-5,9-10,13,18-19H2. The Labute approximate surface area is 187 Å². The molecule has 0 spiro atoms. The van der Waals surface area contributed by atoms with Crippen molar-refractivity contribution in [1.82, 2.24) is 0 Å². The third-order valence-electron chi connectivity index (χ3n) is 4.74. The Hall–Kier alpha value is -3.42. The van der Waals surface area contributed by atoms with Gasteiger partial charge in [0.05, 0.1) is 11.5 Å². The number of carbonyl (C=O) groups is 2. The minimum atomic E-state index is -0.821. The van der Waals surface area contributed by atoms with E-state index in [4.69, 9.17) is 14.2 Å². The first-order chi connectivity index (χ1) is 15.5. The van der Waals surface area contributed by atoms with E-state index in [0.717, 1.165) is 50.5 Å². The molecule has 2 aromatic carbocycles. The van der Waals surface area contributed by atoms with Crippen LogP contribution in [0.1, 0.15) is 56.9 Å². The Balaban J connectivity index is 1.40. The van der Waals surface area contributed by atoms with Crippen LogP contribution in [0.5, 0.6) is 5.75 Å². The fourth-order valence-corrected chi connectivity index (χ4v) is 2.98. The van der Waals surface area contributed by atoms with E-state index in [1.807, 2.05) is 30.3 Å². The topological polar surface area (TPSA) is 105 Å². The molecule has 8 heteroatoms. The van der Waals surface area contributed by atoms with Crippen molar-refractivity contribution in [2.75, 3.05) is 6.61 Å². The first-order valence-electron chi connectivity index (χ1n) is 10.8. The molecule has 0 unspecified atom stereocenters. The van der Waals surface area contributed by atoms with Crippen LogP contribution in [0.15, 0.2) is 54.6 Å². The molecule has 2 aromatic rings. The summed E-state index contributed by atoms with van der Waals surface area (Å²) in [5.41, 5.74) is 0.915. The minimum absolute atomic E-state index is 0.0753. The summed E-state index contributed by atoms with van der Waals surface area (Å²) in [6.45, 7) is 0.586. The van der Waals surface area contributed by atoms with Gasteiger partial charge in [-0.05, 0) is 30.5 Å². The molecule has 0 N–H and O–H groups in total. The van der Waals surface area contributed by atoms with Gasteiger partial charge < -0.3 is 14.2 Å². The molecule has 0 radical (unpaired) electrons. The lowest BCUT2D eigenvalue weighted by atomic mass is 10.1. The summed E-state index contributed by atoms with van der Waals surface area (Å²) in [6.07, 6.45) is 6.24. The van der Waals surface area contributed by atoms with E-state index in [9.17, 15) is 19.7 Å². The molecule has 172 valence electrons. The molecule has 8 nitrogen and oxygen atoms in total. The fourth-order valence-electron chi connectivity index (χ4n) is 2.98. The maximum Gasteiger partial charge on any atom is 0.513 e. The molecule has 0 aromatic heterocycles. The molecule has 0 bridgehead atoms. The van der Waals surface area contributed by atoms with Crippen molar-refractivity contribution in [3.05, 3.63) is 70.3 Å². The molecule has 32 heavy (non-hydrogen) atoms. The Bertz CT molecular complexity index is 837. The molecule has 0 aliphatic heterocycles. The van der Waals surface area contributed by atoms with Crippen molar-refractivity contribution in [2.24, 2.45) is 0 Å². The molecule has 2 rings (SSSR count). The van der Waals surface area contributed by atoms with Crippen LogP contribution in [-0.4, -0.2) is 23.7 Å². The number of rotatable bonds is 14. The zero-order chi connectivity index (χ0) is 23.0. The predicted octanol–water partition coefficient (Wildman–Crippen LogP) is 5.97. The number of hydrogen-bond acceptors (Lipinski definition) is 7. The Morgan fingerprint density at radius 1 is 0.781 bits per heavy atom. The average molecular weight is 443 g/mol. The first-order valence-corrected chi connectivity index (χ1v) is 10.8. The Morgan fingerprint density at radius 3 is 2.06 bits per heavy atom. The number of nitro benzene ring substituents is 1. The lowest BCUT2D eigenvalue weighted by molar-refractivity contribution is -0.384. The fraction of sp³-hybridized carbons (Fsp3) is 0.417. The molecule has 0 saturated heterocycles. The highest BCUT2D eigenvalue weighted by molar-refractivity contribution is 5.69. The zero-order valence-electron chi connectivity index (χ0n) is 18.1. The minimum Gasteiger partial charge on any atom is -0.461 e. The van der Waals surface area contributed by atoms with Gasteiger partial charge in [-0.2, -0.15) is 0 Å². The largest absolute Gasteiger partial charge is 0.513 e. The van der Waals surface area contributed by atoms with Gasteiger partial charge in [-0.25, -0.2) is 4.79 Å². The van der Waals surface area contributed by atoms with Gasteiger partial charge in [-0.1, -0.05) is 62.4 Å². The van der Waals surface area contributed by atoms with Gasteiger partial charge in [0, 0.05) is 18.6 Å². The second-order valence-corrected chi connectivity index (χ2v) is 7.32. The summed E-state index contributed by atoms with van der Waals surface area (Å²) >= 11 is 0. The van der Waals surface area contributed by atoms with Crippen molar-refractivity contribution < 1.29 is 28.7 Å². The molecule has 0 fully saturated rings. The summed E-state index contributed by atoms with van der Waals surface area (Å²) < 4.78 is 15.2. The molecule has 0 amide bonds. The van der Waals surface area contributed by atoms with Gasteiger partial charge in [-0.15, -0.1) is 0 Å². The number of esters is 1. The van der Waals surface area contributed by atoms with Crippen LogP contribution in [0.25, 0.3) is 0 Å². The highest BCUT2D eigenvalue weighted by Crippen LogP contribution is 2.18. The van der Waals surface area contributed by atoms with Crippen LogP contribution in [-0.2, 0) is 20.9 Å². The molecule has 0 atom stereocenters. The van der Waals surface area contributed by atoms with E-state index < -0.39 is 11.1 Å². The monoisotopic (exact) mass is 443 g/mol. The predicted molar refractivity (Wildman–Crippen MR) is 118 cm³/mol. The van der Waals surface area contributed by atoms with Gasteiger partial charge in [0.1, 0.15) is 12.4 Å². The molecular formula is C24H29NO7. The highest BCUT2D eigenvalue weighted by Gasteiger charge is 2.09. The smallest absolute Gasteiger partial charge is 0.461 e. The summed E-state index contributed by atoms with van der Waals surface area (Å²) in [4.78, 5) is 33.4. The molecule has 0 aliphatic carbocycles. The maximum absolute atomic E-state index is 11.7. The maximum atomic E-state index is 11.7. The third-order valence-corrected chi connectivity index (χ3v) is 4.74. The Kier molecular flexibility index (Phi) is 11.3. The number of hydrogen-bond donors (Lipinski definition) is 0. The Morgan fingerprint density at radius 2 is 1.41 bits per heavy atom. The van der Waals surface area contributed by atoms with E-state index in [2.05, 4.69) is 0 Å². The number of ether oxygens (including phenoxy) is 3. The van der Waals surface area contributed by atoms with Crippen molar-refractivity contribution in [3.8, 4) is 5.75 Å². The van der Waals surface area contributed by atoms with Crippen LogP contribution < -0.4 is 4.74 Å². The molecule has 0 aliphatic rings. The van der Waals surface area contributed by atoms with Crippen molar-refractivity contribution in [3.63, 3.8) is 0 Å². The van der Waals surface area contributed by atoms with E-state index in [-0.39, 0.29) is 24.0 Å². The van der Waals surface area contributed by atoms with Crippen LogP contribution in [0.3, 0.4) is 0 Å². The number of unbranched alkanes of at least 4 members (excludes halogenated alkanes) is 6. The molecular weight excluding hydrogens is 414 g/mol. The van der Waals surface area contributed by atoms with Crippen molar-refractivity contribution in [1.29, 1.82) is 0 Å². The number of nitrogens with zero attached hydrogens (tertiary/aromatic N) is 1. The van der Waals surface area contributed by atoms with Gasteiger partial charge in [-0.3, -0.25) is 14.9 Å². The number of benzene rings is 2. The number of nitro groups is 1. The van der Waals surface area contributed by atoms with Crippen LogP contribution in [0.4, 0.5) is 10.5 Å². The van der Waals surface area contributed by atoms with E-state index in [1.165, 1.54) is 24.3 Å². The summed E-state index contributed by atoms with van der Waals surface area (Å²) in [7, 11) is 0. The van der Waals surface area contributed by atoms with E-state index >= 15 is 0 Å².